The SMILES string of the molecule is CCC(C)C(C(CC(=O)N1CCCC1C(OC)C(C)C(=O)CC(CO)Cc1cccc(C)c1)OC)N(C)C(=O)C(CC(=O)C1C2CCC(C2)N1C)C(C)C. The Kier molecular flexibility index (Phi) is 16.3. The number of hydrogen-bond acceptors (Lipinski definition) is 8. The largest absolute Gasteiger partial charge is 0.396 e. The molecule has 11 atom stereocenters. The standard InChI is InChI=1S/C44H71N3O7/c1-11-29(5)41(46(8)44(52)35(27(2)3)24-38(50)42-33-17-18-34(23-33)45(42)7)39(53-9)25-40(51)47-19-13-16-36(47)43(54-10)30(6)37(49)22-32(26-48)21-31-15-12-14-28(4)20-31/h12,14-15,20,27,29-30,32-36,39,41-43,48H,11,13,16-19,21-26H2,1-10H3. The first-order valence-corrected chi connectivity index (χ1v) is 20.7. The summed E-state index contributed by atoms with van der Waals surface area (Å²) in [5, 5.41) is 10.2. The van der Waals surface area contributed by atoms with Crippen LogP contribution < -0.4 is 0 Å². The fourth-order valence-corrected chi connectivity index (χ4v) is 10.1. The summed E-state index contributed by atoms with van der Waals surface area (Å²) in [5.41, 5.74) is 2.24. The van der Waals surface area contributed by atoms with Gasteiger partial charge in [-0.3, -0.25) is 24.1 Å². The lowest BCUT2D eigenvalue weighted by Crippen LogP contribution is -2.54. The highest BCUT2D eigenvalue weighted by molar-refractivity contribution is 5.90. The predicted octanol–water partition coefficient (Wildman–Crippen LogP) is 5.74. The number of likely N-dealkylation sites (tertiary alicyclic amines) is 2. The number of Topliss-reactive ketones (excluding diaryl/α,β-unsaturated/α-hetero) is 2. The lowest BCUT2D eigenvalue weighted by molar-refractivity contribution is -0.149. The number of ether oxygens (including phenoxy) is 2. The van der Waals surface area contributed by atoms with Gasteiger partial charge >= 0.3 is 0 Å². The quantitative estimate of drug-likeness (QED) is 0.169. The van der Waals surface area contributed by atoms with Gasteiger partial charge in [-0.15, -0.1) is 0 Å². The van der Waals surface area contributed by atoms with Crippen molar-refractivity contribution in [1.82, 2.24) is 14.7 Å². The smallest absolute Gasteiger partial charge is 0.226 e. The third-order valence-electron chi connectivity index (χ3n) is 13.5. The Balaban J connectivity index is 1.44. The highest BCUT2D eigenvalue weighted by atomic mass is 16.5. The van der Waals surface area contributed by atoms with Crippen LogP contribution in [-0.4, -0.2) is 121 Å². The Morgan fingerprint density at radius 1 is 1.00 bits per heavy atom. The van der Waals surface area contributed by atoms with Crippen LogP contribution in [0, 0.1) is 42.4 Å². The third-order valence-corrected chi connectivity index (χ3v) is 13.5. The Morgan fingerprint density at radius 2 is 1.72 bits per heavy atom. The van der Waals surface area contributed by atoms with Crippen molar-refractivity contribution in [3.63, 3.8) is 0 Å². The van der Waals surface area contributed by atoms with E-state index in [1.54, 1.807) is 19.1 Å². The molecule has 0 aromatic heterocycles. The Morgan fingerprint density at radius 3 is 2.30 bits per heavy atom. The van der Waals surface area contributed by atoms with E-state index < -0.39 is 24.0 Å². The predicted molar refractivity (Wildman–Crippen MR) is 212 cm³/mol. The minimum atomic E-state index is -0.560. The molecule has 1 aromatic rings. The number of hydrogen-bond donors (Lipinski definition) is 1. The van der Waals surface area contributed by atoms with E-state index in [-0.39, 0.29) is 85.1 Å². The first-order chi connectivity index (χ1) is 25.7. The van der Waals surface area contributed by atoms with E-state index in [0.717, 1.165) is 49.7 Å². The molecule has 304 valence electrons. The zero-order chi connectivity index (χ0) is 39.9. The molecule has 10 heteroatoms. The summed E-state index contributed by atoms with van der Waals surface area (Å²) in [7, 11) is 7.08. The van der Waals surface area contributed by atoms with E-state index >= 15 is 0 Å². The molecule has 1 N–H and O–H groups in total. The Labute approximate surface area is 325 Å². The number of nitrogens with zero attached hydrogens (tertiary/aromatic N) is 3. The average molecular weight is 754 g/mol. The van der Waals surface area contributed by atoms with Gasteiger partial charge in [-0.1, -0.05) is 70.9 Å². The van der Waals surface area contributed by atoms with Crippen LogP contribution in [-0.2, 0) is 35.1 Å². The van der Waals surface area contributed by atoms with Crippen molar-refractivity contribution in [2.75, 3.05) is 41.5 Å². The molecule has 2 aliphatic heterocycles. The molecule has 2 bridgehead atoms. The highest BCUT2D eigenvalue weighted by Crippen LogP contribution is 2.42. The van der Waals surface area contributed by atoms with Crippen molar-refractivity contribution in [2.45, 2.75) is 142 Å². The zero-order valence-electron chi connectivity index (χ0n) is 35.0. The number of methoxy groups -OCH3 is 2. The molecule has 3 aliphatic rings. The second-order valence-corrected chi connectivity index (χ2v) is 17.4. The van der Waals surface area contributed by atoms with Crippen LogP contribution in [0.3, 0.4) is 0 Å². The van der Waals surface area contributed by atoms with Crippen molar-refractivity contribution in [2.24, 2.45) is 35.5 Å². The van der Waals surface area contributed by atoms with E-state index in [9.17, 15) is 24.3 Å². The minimum absolute atomic E-state index is 0.0184. The number of aliphatic hydroxyl groups excluding tert-OH is 1. The van der Waals surface area contributed by atoms with Gasteiger partial charge in [0, 0.05) is 65.1 Å². The molecule has 10 nitrogen and oxygen atoms in total. The van der Waals surface area contributed by atoms with E-state index in [2.05, 4.69) is 31.9 Å². The number of likely N-dealkylation sites (N-methyl/N-ethyl adjacent to an activating group) is 2. The lowest BCUT2D eigenvalue weighted by Gasteiger charge is -2.41. The Hall–Kier alpha value is -2.66. The molecular weight excluding hydrogens is 682 g/mol. The normalized spacial score (nSPS) is 25.3. The second-order valence-electron chi connectivity index (χ2n) is 17.4. The van der Waals surface area contributed by atoms with Crippen LogP contribution >= 0.6 is 0 Å². The molecule has 1 aromatic carbocycles. The first kappa shape index (κ1) is 44.1. The summed E-state index contributed by atoms with van der Waals surface area (Å²) in [6, 6.07) is 7.87. The number of carbonyl (C=O) groups is 4. The van der Waals surface area contributed by atoms with Crippen LogP contribution in [0.15, 0.2) is 24.3 Å². The van der Waals surface area contributed by atoms with Crippen LogP contribution in [0.25, 0.3) is 0 Å². The maximum atomic E-state index is 14.4. The number of fused-ring (bicyclic) bond motifs is 2. The zero-order valence-corrected chi connectivity index (χ0v) is 35.0. The van der Waals surface area contributed by atoms with E-state index in [1.807, 2.05) is 57.8 Å². The van der Waals surface area contributed by atoms with Crippen LogP contribution in [0.5, 0.6) is 0 Å². The number of aryl methyl sites for hydroxylation is 1. The van der Waals surface area contributed by atoms with Crippen molar-refractivity contribution < 1.29 is 33.8 Å². The number of ketones is 2. The number of carbonyl (C=O) groups excluding carboxylic acids is 4. The fraction of sp³-hybridized carbons (Fsp3) is 0.773. The molecule has 0 radical (unpaired) electrons. The van der Waals surface area contributed by atoms with Crippen molar-refractivity contribution in [3.8, 4) is 0 Å². The monoisotopic (exact) mass is 754 g/mol. The third kappa shape index (κ3) is 10.2. The summed E-state index contributed by atoms with van der Waals surface area (Å²) in [6.07, 6.45) is 5.72. The topological polar surface area (TPSA) is 117 Å². The van der Waals surface area contributed by atoms with Crippen molar-refractivity contribution >= 4 is 23.4 Å². The maximum absolute atomic E-state index is 14.4. The maximum Gasteiger partial charge on any atom is 0.226 e. The molecule has 1 saturated carbocycles. The van der Waals surface area contributed by atoms with Gasteiger partial charge in [0.25, 0.3) is 0 Å². The number of rotatable bonds is 21. The highest BCUT2D eigenvalue weighted by Gasteiger charge is 2.48. The molecule has 0 spiro atoms. The molecule has 11 unspecified atom stereocenters. The number of piperidine rings is 1. The van der Waals surface area contributed by atoms with Gasteiger partial charge in [0.05, 0.1) is 36.8 Å². The molecule has 1 aliphatic carbocycles. The molecule has 3 fully saturated rings. The van der Waals surface area contributed by atoms with Gasteiger partial charge in [-0.2, -0.15) is 0 Å². The van der Waals surface area contributed by atoms with Gasteiger partial charge in [0.15, 0.2) is 5.78 Å². The van der Waals surface area contributed by atoms with Crippen molar-refractivity contribution in [3.05, 3.63) is 35.4 Å². The van der Waals surface area contributed by atoms with Crippen LogP contribution in [0.4, 0.5) is 0 Å². The van der Waals surface area contributed by atoms with E-state index in [4.69, 9.17) is 9.47 Å². The van der Waals surface area contributed by atoms with Crippen molar-refractivity contribution in [1.29, 1.82) is 0 Å². The molecule has 2 amide bonds. The number of amides is 2. The van der Waals surface area contributed by atoms with E-state index in [0.29, 0.717) is 24.9 Å². The van der Waals surface area contributed by atoms with Gasteiger partial charge in [-0.05, 0) is 81.7 Å². The summed E-state index contributed by atoms with van der Waals surface area (Å²) < 4.78 is 12.1. The van der Waals surface area contributed by atoms with Crippen LogP contribution in [0.1, 0.15) is 104 Å². The first-order valence-electron chi connectivity index (χ1n) is 20.7. The summed E-state index contributed by atoms with van der Waals surface area (Å²) in [5.74, 6) is -0.689. The fourth-order valence-electron chi connectivity index (χ4n) is 10.1. The second kappa shape index (κ2) is 20.0. The van der Waals surface area contributed by atoms with Gasteiger partial charge < -0.3 is 24.4 Å². The molecule has 2 heterocycles. The number of aliphatic hydroxyl groups is 1. The van der Waals surface area contributed by atoms with Gasteiger partial charge in [-0.25, -0.2) is 0 Å². The van der Waals surface area contributed by atoms with Gasteiger partial charge in [0.1, 0.15) is 5.78 Å². The summed E-state index contributed by atoms with van der Waals surface area (Å²) in [4.78, 5) is 61.9. The van der Waals surface area contributed by atoms with Gasteiger partial charge in [0.2, 0.25) is 11.8 Å². The summed E-state index contributed by atoms with van der Waals surface area (Å²) in [6.45, 7) is 12.6. The van der Waals surface area contributed by atoms with E-state index in [1.165, 1.54) is 0 Å². The molecular formula is C44H71N3O7. The Bertz CT molecular complexity index is 1420. The lowest BCUT2D eigenvalue weighted by atomic mass is 9.83. The van der Waals surface area contributed by atoms with Crippen LogP contribution in [0.2, 0.25) is 0 Å². The number of benzene rings is 1. The molecule has 4 rings (SSSR count). The molecule has 54 heavy (non-hydrogen) atoms. The average Bonchev–Trinajstić information content (AvgIpc) is 3.90. The summed E-state index contributed by atoms with van der Waals surface area (Å²) >= 11 is 0. The minimum Gasteiger partial charge on any atom is -0.396 e. The molecule has 2 saturated heterocycles.